The molecule has 0 aliphatic heterocycles. The van der Waals surface area contributed by atoms with Gasteiger partial charge < -0.3 is 16.2 Å². The van der Waals surface area contributed by atoms with Gasteiger partial charge in [-0.3, -0.25) is 9.59 Å². The lowest BCUT2D eigenvalue weighted by Gasteiger charge is -2.33. The zero-order valence-electron chi connectivity index (χ0n) is 11.9. The summed E-state index contributed by atoms with van der Waals surface area (Å²) >= 11 is 0. The van der Waals surface area contributed by atoms with Crippen molar-refractivity contribution in [3.05, 3.63) is 0 Å². The predicted molar refractivity (Wildman–Crippen MR) is 73.6 cm³/mol. The lowest BCUT2D eigenvalue weighted by molar-refractivity contribution is -0.151. The van der Waals surface area contributed by atoms with Gasteiger partial charge in [-0.15, -0.1) is 0 Å². The first-order chi connectivity index (χ1) is 8.87. The number of carbonyl (C=O) groups is 2. The van der Waals surface area contributed by atoms with E-state index in [1.54, 1.807) is 0 Å². The summed E-state index contributed by atoms with van der Waals surface area (Å²) in [5.74, 6) is -0.693. The van der Waals surface area contributed by atoms with E-state index in [0.29, 0.717) is 12.8 Å². The minimum atomic E-state index is -0.791. The average molecular weight is 270 g/mol. The van der Waals surface area contributed by atoms with Gasteiger partial charge in [-0.25, -0.2) is 0 Å². The number of hydrogen-bond donors (Lipinski definition) is 3. The third-order valence-corrected chi connectivity index (χ3v) is 4.17. The van der Waals surface area contributed by atoms with Gasteiger partial charge in [0, 0.05) is 19.0 Å². The van der Waals surface area contributed by atoms with Gasteiger partial charge >= 0.3 is 5.97 Å². The molecule has 1 rings (SSSR count). The molecule has 0 aromatic heterocycles. The largest absolute Gasteiger partial charge is 0.481 e. The molecule has 1 unspecified atom stereocenters. The molecule has 0 spiro atoms. The fraction of sp³-hybridized carbons (Fsp3) is 0.857. The van der Waals surface area contributed by atoms with Gasteiger partial charge in [0.05, 0.1) is 5.41 Å². The van der Waals surface area contributed by atoms with Gasteiger partial charge in [0.1, 0.15) is 0 Å². The van der Waals surface area contributed by atoms with Crippen molar-refractivity contribution < 1.29 is 14.7 Å². The highest BCUT2D eigenvalue weighted by Crippen LogP contribution is 2.36. The highest BCUT2D eigenvalue weighted by Gasteiger charge is 2.39. The molecular weight excluding hydrogens is 244 g/mol. The van der Waals surface area contributed by atoms with Crippen LogP contribution in [0.2, 0.25) is 0 Å². The van der Waals surface area contributed by atoms with Crippen LogP contribution in [-0.4, -0.2) is 29.6 Å². The summed E-state index contributed by atoms with van der Waals surface area (Å²) in [7, 11) is 0. The van der Waals surface area contributed by atoms with Crippen molar-refractivity contribution in [2.75, 3.05) is 6.54 Å². The van der Waals surface area contributed by atoms with E-state index in [2.05, 4.69) is 5.32 Å². The summed E-state index contributed by atoms with van der Waals surface area (Å²) in [4.78, 5) is 23.2. The van der Waals surface area contributed by atoms with E-state index >= 15 is 0 Å². The predicted octanol–water partition coefficient (Wildman–Crippen LogP) is 1.51. The molecule has 110 valence electrons. The summed E-state index contributed by atoms with van der Waals surface area (Å²) < 4.78 is 0. The number of carbonyl (C=O) groups excluding carboxylic acids is 1. The Hall–Kier alpha value is -1.10. The molecule has 0 saturated heterocycles. The van der Waals surface area contributed by atoms with E-state index in [1.807, 2.05) is 13.8 Å². The van der Waals surface area contributed by atoms with Crippen LogP contribution in [0.4, 0.5) is 0 Å². The van der Waals surface area contributed by atoms with E-state index in [0.717, 1.165) is 19.3 Å². The minimum Gasteiger partial charge on any atom is -0.481 e. The van der Waals surface area contributed by atoms with E-state index in [9.17, 15) is 14.7 Å². The minimum absolute atomic E-state index is 0.146. The van der Waals surface area contributed by atoms with Crippen LogP contribution in [0.1, 0.15) is 52.4 Å². The Labute approximate surface area is 114 Å². The second-order valence-corrected chi connectivity index (χ2v) is 6.03. The molecule has 0 radical (unpaired) electrons. The molecular formula is C14H26N2O3. The molecule has 0 heterocycles. The number of aliphatic carboxylic acids is 1. The molecule has 1 aliphatic rings. The molecule has 1 aliphatic carbocycles. The van der Waals surface area contributed by atoms with Gasteiger partial charge in [-0.1, -0.05) is 33.1 Å². The third-order valence-electron chi connectivity index (χ3n) is 4.17. The van der Waals surface area contributed by atoms with Crippen molar-refractivity contribution in [1.82, 2.24) is 5.32 Å². The second kappa shape index (κ2) is 6.89. The lowest BCUT2D eigenvalue weighted by Crippen LogP contribution is -2.45. The summed E-state index contributed by atoms with van der Waals surface area (Å²) in [6, 6.07) is -0.174. The molecule has 1 fully saturated rings. The van der Waals surface area contributed by atoms with Crippen LogP contribution < -0.4 is 11.1 Å². The van der Waals surface area contributed by atoms with Crippen LogP contribution in [0, 0.1) is 11.3 Å². The fourth-order valence-electron chi connectivity index (χ4n) is 2.48. The highest BCUT2D eigenvalue weighted by molar-refractivity contribution is 5.79. The molecule has 4 N–H and O–H groups in total. The Morgan fingerprint density at radius 2 is 1.84 bits per heavy atom. The van der Waals surface area contributed by atoms with Crippen LogP contribution in [-0.2, 0) is 9.59 Å². The quantitative estimate of drug-likeness (QED) is 0.682. The SMILES string of the molecule is CC(C)C(N)CC(=O)NCC1(C(=O)O)CCCCC1. The highest BCUT2D eigenvalue weighted by atomic mass is 16.4. The van der Waals surface area contributed by atoms with Gasteiger partial charge in [0.15, 0.2) is 0 Å². The van der Waals surface area contributed by atoms with Gasteiger partial charge in [-0.05, 0) is 18.8 Å². The molecule has 5 heteroatoms. The summed E-state index contributed by atoms with van der Waals surface area (Å²) in [6.45, 7) is 4.17. The van der Waals surface area contributed by atoms with Crippen molar-refractivity contribution in [1.29, 1.82) is 0 Å². The first kappa shape index (κ1) is 16.0. The van der Waals surface area contributed by atoms with E-state index < -0.39 is 11.4 Å². The Balaban J connectivity index is 2.48. The Bertz CT molecular complexity index is 323. The van der Waals surface area contributed by atoms with E-state index in [4.69, 9.17) is 5.73 Å². The van der Waals surface area contributed by atoms with Gasteiger partial charge in [0.2, 0.25) is 5.91 Å². The second-order valence-electron chi connectivity index (χ2n) is 6.03. The molecule has 1 atom stereocenters. The smallest absolute Gasteiger partial charge is 0.311 e. The summed E-state index contributed by atoms with van der Waals surface area (Å²) in [5.41, 5.74) is 5.07. The normalized spacial score (nSPS) is 20.0. The van der Waals surface area contributed by atoms with Crippen LogP contribution in [0.15, 0.2) is 0 Å². The van der Waals surface area contributed by atoms with Crippen molar-refractivity contribution >= 4 is 11.9 Å². The third kappa shape index (κ3) is 4.49. The maximum absolute atomic E-state index is 11.8. The Morgan fingerprint density at radius 3 is 2.32 bits per heavy atom. The Kier molecular flexibility index (Phi) is 5.79. The molecule has 19 heavy (non-hydrogen) atoms. The monoisotopic (exact) mass is 270 g/mol. The molecule has 5 nitrogen and oxygen atoms in total. The number of amides is 1. The van der Waals surface area contributed by atoms with Crippen LogP contribution in [0.5, 0.6) is 0 Å². The molecule has 0 aromatic rings. The Morgan fingerprint density at radius 1 is 1.26 bits per heavy atom. The average Bonchev–Trinajstić information content (AvgIpc) is 2.37. The van der Waals surface area contributed by atoms with Crippen LogP contribution >= 0.6 is 0 Å². The number of hydrogen-bond acceptors (Lipinski definition) is 3. The van der Waals surface area contributed by atoms with Crippen molar-refractivity contribution in [2.45, 2.75) is 58.4 Å². The van der Waals surface area contributed by atoms with Gasteiger partial charge in [0.25, 0.3) is 0 Å². The molecule has 1 amide bonds. The molecule has 0 aromatic carbocycles. The zero-order valence-corrected chi connectivity index (χ0v) is 11.9. The lowest BCUT2D eigenvalue weighted by atomic mass is 9.74. The van der Waals surface area contributed by atoms with Gasteiger partial charge in [-0.2, -0.15) is 0 Å². The zero-order chi connectivity index (χ0) is 14.5. The van der Waals surface area contributed by atoms with Crippen molar-refractivity contribution in [3.8, 4) is 0 Å². The summed E-state index contributed by atoms with van der Waals surface area (Å²) in [6.07, 6.45) is 4.49. The summed E-state index contributed by atoms with van der Waals surface area (Å²) in [5, 5.41) is 12.2. The first-order valence-electron chi connectivity index (χ1n) is 7.13. The van der Waals surface area contributed by atoms with Crippen molar-refractivity contribution in [3.63, 3.8) is 0 Å². The number of nitrogens with one attached hydrogen (secondary N) is 1. The maximum Gasteiger partial charge on any atom is 0.311 e. The van der Waals surface area contributed by atoms with E-state index in [1.165, 1.54) is 0 Å². The first-order valence-corrected chi connectivity index (χ1v) is 7.13. The number of carboxylic acids is 1. The topological polar surface area (TPSA) is 92.4 Å². The van der Waals surface area contributed by atoms with Crippen LogP contribution in [0.3, 0.4) is 0 Å². The number of rotatable bonds is 6. The van der Waals surface area contributed by atoms with Crippen molar-refractivity contribution in [2.24, 2.45) is 17.1 Å². The molecule has 1 saturated carbocycles. The standard InChI is InChI=1S/C14H26N2O3/c1-10(2)11(15)8-12(17)16-9-14(13(18)19)6-4-3-5-7-14/h10-11H,3-9,15H2,1-2H3,(H,16,17)(H,18,19). The number of carboxylic acid groups (broad SMARTS) is 1. The maximum atomic E-state index is 11.8. The fourth-order valence-corrected chi connectivity index (χ4v) is 2.48. The van der Waals surface area contributed by atoms with Crippen LogP contribution in [0.25, 0.3) is 0 Å². The van der Waals surface area contributed by atoms with E-state index in [-0.39, 0.29) is 30.8 Å². The number of nitrogens with two attached hydrogens (primary N) is 1. The molecule has 0 bridgehead atoms.